The van der Waals surface area contributed by atoms with Crippen molar-refractivity contribution >= 4 is 31.4 Å². The Labute approximate surface area is 352 Å². The molecule has 3 heterocycles. The molecule has 0 radical (unpaired) electrons. The van der Waals surface area contributed by atoms with E-state index in [0.29, 0.717) is 34.6 Å². The van der Waals surface area contributed by atoms with Crippen LogP contribution in [0.25, 0.3) is 11.0 Å². The lowest BCUT2D eigenvalue weighted by Crippen LogP contribution is -2.39. The van der Waals surface area contributed by atoms with Gasteiger partial charge in [0, 0.05) is 30.1 Å². The van der Waals surface area contributed by atoms with Gasteiger partial charge < -0.3 is 33.0 Å². The molecule has 0 aliphatic carbocycles. The number of ether oxygens (including phenoxy) is 4. The van der Waals surface area contributed by atoms with Crippen molar-refractivity contribution in [3.05, 3.63) is 118 Å². The third kappa shape index (κ3) is 9.90. The first-order valence-corrected chi connectivity index (χ1v) is 21.3. The standard InChI is InChI=1S/C45H55N6O8P/c1-28(2)42(52)49-44-48-41-36(43(53)50-44)25-37(47-41)38-26-39(59-60(57-24-12-23-46)51(29(3)4)30(5)6)40(58-38)27-56-45(31-13-10-9-11-14-31,32-15-19-34(54-7)20-16-32)33-17-21-35(55-8)22-18-33/h9-11,13-22,25,28-30,38-40H,12,24,26-27H2,1-8H3,(H3,47,48,49,50,52,53)/t38-,39+,40-,60?/m1/s1. The highest BCUT2D eigenvalue weighted by Crippen LogP contribution is 2.51. The van der Waals surface area contributed by atoms with Gasteiger partial charge in [-0.1, -0.05) is 68.4 Å². The number of fused-ring (bicyclic) bond motifs is 1. The molecule has 1 aliphatic rings. The molecule has 0 bridgehead atoms. The lowest BCUT2D eigenvalue weighted by atomic mass is 9.80. The first kappa shape index (κ1) is 44.4. The first-order valence-electron chi connectivity index (χ1n) is 20.2. The number of carbonyl (C=O) groups is 1. The van der Waals surface area contributed by atoms with Crippen molar-refractivity contribution in [1.82, 2.24) is 19.6 Å². The number of nitrogens with zero attached hydrogens (tertiary/aromatic N) is 3. The summed E-state index contributed by atoms with van der Waals surface area (Å²) in [5.41, 5.74) is 2.01. The molecule has 0 saturated carbocycles. The van der Waals surface area contributed by atoms with E-state index in [2.05, 4.69) is 58.7 Å². The van der Waals surface area contributed by atoms with Crippen LogP contribution in [-0.4, -0.2) is 77.3 Å². The van der Waals surface area contributed by atoms with Gasteiger partial charge in [-0.15, -0.1) is 0 Å². The van der Waals surface area contributed by atoms with E-state index in [0.717, 1.165) is 16.7 Å². The molecule has 1 fully saturated rings. The summed E-state index contributed by atoms with van der Waals surface area (Å²) >= 11 is 0. The van der Waals surface area contributed by atoms with E-state index in [9.17, 15) is 14.9 Å². The number of rotatable bonds is 19. The highest BCUT2D eigenvalue weighted by molar-refractivity contribution is 7.44. The topological polar surface area (TPSA) is 173 Å². The third-order valence-electron chi connectivity index (χ3n) is 10.4. The van der Waals surface area contributed by atoms with E-state index in [1.165, 1.54) is 0 Å². The second-order valence-electron chi connectivity index (χ2n) is 15.5. The van der Waals surface area contributed by atoms with Crippen LogP contribution in [0.2, 0.25) is 0 Å². The molecule has 3 aromatic carbocycles. The van der Waals surface area contributed by atoms with Gasteiger partial charge in [-0.05, 0) is 74.7 Å². The number of anilines is 1. The van der Waals surface area contributed by atoms with Gasteiger partial charge in [0.2, 0.25) is 11.9 Å². The van der Waals surface area contributed by atoms with Crippen molar-refractivity contribution in [3.63, 3.8) is 0 Å². The minimum Gasteiger partial charge on any atom is -0.497 e. The maximum absolute atomic E-state index is 13.3. The van der Waals surface area contributed by atoms with Crippen LogP contribution in [0.4, 0.5) is 5.95 Å². The minimum absolute atomic E-state index is 0.0522. The molecule has 1 amide bonds. The number of aromatic amines is 2. The van der Waals surface area contributed by atoms with E-state index < -0.39 is 38.0 Å². The molecule has 6 rings (SSSR count). The second-order valence-corrected chi connectivity index (χ2v) is 16.9. The number of nitriles is 1. The maximum atomic E-state index is 13.3. The summed E-state index contributed by atoms with van der Waals surface area (Å²) in [7, 11) is 1.60. The number of amides is 1. The number of nitrogens with one attached hydrogen (secondary N) is 3. The van der Waals surface area contributed by atoms with E-state index in [4.69, 9.17) is 28.0 Å². The number of hydrogen-bond donors (Lipinski definition) is 3. The van der Waals surface area contributed by atoms with E-state index in [1.807, 2.05) is 78.9 Å². The van der Waals surface area contributed by atoms with E-state index in [-0.39, 0.29) is 49.5 Å². The van der Waals surface area contributed by atoms with Crippen LogP contribution < -0.4 is 20.3 Å². The summed E-state index contributed by atoms with van der Waals surface area (Å²) in [6, 6.07) is 29.7. The molecule has 5 aromatic rings. The van der Waals surface area contributed by atoms with Gasteiger partial charge in [-0.2, -0.15) is 10.2 Å². The van der Waals surface area contributed by atoms with Gasteiger partial charge in [0.25, 0.3) is 14.1 Å². The van der Waals surface area contributed by atoms with Gasteiger partial charge in [0.15, 0.2) is 0 Å². The SMILES string of the molecule is COc1ccc(C(OC[C@H]2O[C@@H](c3cc4c(=O)[nH]c(NC(=O)C(C)C)nc4[nH]3)C[C@@H]2OP(OCCC#N)N(C(C)C)C(C)C)(c2ccccc2)c2ccc(OC)cc2)cc1. The predicted octanol–water partition coefficient (Wildman–Crippen LogP) is 8.36. The lowest BCUT2D eigenvalue weighted by molar-refractivity contribution is -0.118. The first-order chi connectivity index (χ1) is 28.9. The van der Waals surface area contributed by atoms with Gasteiger partial charge in [0.05, 0.1) is 51.4 Å². The zero-order chi connectivity index (χ0) is 43.0. The van der Waals surface area contributed by atoms with Crippen LogP contribution in [0.1, 0.15) is 82.9 Å². The zero-order valence-corrected chi connectivity index (χ0v) is 36.3. The van der Waals surface area contributed by atoms with E-state index in [1.54, 1.807) is 34.1 Å². The van der Waals surface area contributed by atoms with Gasteiger partial charge in [-0.3, -0.25) is 19.9 Å². The molecule has 0 spiro atoms. The Morgan fingerprint density at radius 1 is 0.933 bits per heavy atom. The number of carbonyl (C=O) groups excluding carboxylic acids is 1. The minimum atomic E-state index is -1.66. The van der Waals surface area contributed by atoms with Gasteiger partial charge >= 0.3 is 0 Å². The average molecular weight is 839 g/mol. The van der Waals surface area contributed by atoms with Crippen LogP contribution in [0.3, 0.4) is 0 Å². The fraction of sp³-hybridized carbons (Fsp3) is 0.422. The molecule has 2 aromatic heterocycles. The lowest BCUT2D eigenvalue weighted by Gasteiger charge is -2.39. The summed E-state index contributed by atoms with van der Waals surface area (Å²) in [6.07, 6.45) is -1.17. The van der Waals surface area contributed by atoms with Crippen molar-refractivity contribution < 1.29 is 32.8 Å². The van der Waals surface area contributed by atoms with Gasteiger partial charge in [-0.25, -0.2) is 4.67 Å². The molecule has 60 heavy (non-hydrogen) atoms. The van der Waals surface area contributed by atoms with Crippen LogP contribution in [0.15, 0.2) is 89.7 Å². The fourth-order valence-electron chi connectivity index (χ4n) is 7.40. The Morgan fingerprint density at radius 3 is 2.08 bits per heavy atom. The van der Waals surface area contributed by atoms with Crippen molar-refractivity contribution in [2.75, 3.05) is 32.8 Å². The van der Waals surface area contributed by atoms with Crippen LogP contribution in [0, 0.1) is 17.2 Å². The molecule has 1 aliphatic heterocycles. The zero-order valence-electron chi connectivity index (χ0n) is 35.4. The van der Waals surface area contributed by atoms with Crippen LogP contribution in [-0.2, 0) is 28.9 Å². The quantitative estimate of drug-likeness (QED) is 0.0414. The number of methoxy groups -OCH3 is 2. The Kier molecular flexibility index (Phi) is 14.8. The molecule has 1 saturated heterocycles. The summed E-state index contributed by atoms with van der Waals surface area (Å²) in [5.74, 6) is 0.886. The summed E-state index contributed by atoms with van der Waals surface area (Å²) in [6.45, 7) is 12.1. The largest absolute Gasteiger partial charge is 0.497 e. The number of hydrogen-bond acceptors (Lipinski definition) is 11. The molecule has 318 valence electrons. The Morgan fingerprint density at radius 2 is 1.53 bits per heavy atom. The van der Waals surface area contributed by atoms with Crippen molar-refractivity contribution in [3.8, 4) is 17.6 Å². The van der Waals surface area contributed by atoms with Crippen LogP contribution in [0.5, 0.6) is 11.5 Å². The van der Waals surface area contributed by atoms with E-state index >= 15 is 0 Å². The van der Waals surface area contributed by atoms with Crippen molar-refractivity contribution in [1.29, 1.82) is 5.26 Å². The maximum Gasteiger partial charge on any atom is 0.261 e. The van der Waals surface area contributed by atoms with Gasteiger partial charge in [0.1, 0.15) is 35.0 Å². The Bertz CT molecular complexity index is 2220. The predicted molar refractivity (Wildman–Crippen MR) is 231 cm³/mol. The molecule has 1 unspecified atom stereocenters. The molecule has 3 N–H and O–H groups in total. The number of H-pyrrole nitrogens is 2. The smallest absolute Gasteiger partial charge is 0.261 e. The molecule has 4 atom stereocenters. The van der Waals surface area contributed by atoms with Crippen molar-refractivity contribution in [2.45, 2.75) is 90.4 Å². The second kappa shape index (κ2) is 20.0. The van der Waals surface area contributed by atoms with Crippen molar-refractivity contribution in [2.24, 2.45) is 5.92 Å². The molecular formula is C45H55N6O8P. The number of aromatic nitrogens is 3. The molecular weight excluding hydrogens is 784 g/mol. The third-order valence-corrected chi connectivity index (χ3v) is 12.5. The monoisotopic (exact) mass is 838 g/mol. The normalized spacial score (nSPS) is 17.4. The highest BCUT2D eigenvalue weighted by Gasteiger charge is 2.45. The van der Waals surface area contributed by atoms with Crippen LogP contribution >= 0.6 is 8.53 Å². The summed E-state index contributed by atoms with van der Waals surface area (Å²) in [5, 5.41) is 12.4. The number of benzene rings is 3. The summed E-state index contributed by atoms with van der Waals surface area (Å²) in [4.78, 5) is 36.2. The Balaban J connectivity index is 1.42. The highest BCUT2D eigenvalue weighted by atomic mass is 31.2. The molecule has 15 heteroatoms. The summed E-state index contributed by atoms with van der Waals surface area (Å²) < 4.78 is 40.9. The Hall–Kier alpha value is -5.13. The fourth-order valence-corrected chi connectivity index (χ4v) is 9.16. The average Bonchev–Trinajstić information content (AvgIpc) is 3.86. The molecule has 14 nitrogen and oxygen atoms in total.